The lowest BCUT2D eigenvalue weighted by Crippen LogP contribution is -2.13. The molecule has 0 aliphatic heterocycles. The topological polar surface area (TPSA) is 27.1 Å². The van der Waals surface area contributed by atoms with Crippen molar-refractivity contribution in [1.29, 1.82) is 0 Å². The lowest BCUT2D eigenvalue weighted by molar-refractivity contribution is -0.136. The molecule has 1 heterocycles. The van der Waals surface area contributed by atoms with Crippen molar-refractivity contribution in [2.45, 2.75) is 25.0 Å². The second-order valence-corrected chi connectivity index (χ2v) is 4.30. The van der Waals surface area contributed by atoms with E-state index in [0.717, 1.165) is 0 Å². The second kappa shape index (κ2) is 5.28. The number of rotatable bonds is 4. The molecule has 7 heteroatoms. The highest BCUT2D eigenvalue weighted by Gasteiger charge is 2.27. The number of alkyl halides is 4. The zero-order chi connectivity index (χ0) is 14.0. The molecule has 0 bridgehead atoms. The van der Waals surface area contributed by atoms with E-state index in [9.17, 15) is 13.2 Å². The molecule has 0 saturated heterocycles. The van der Waals surface area contributed by atoms with Crippen LogP contribution in [0.4, 0.5) is 13.2 Å². The molecular formula is C12H12ClF3N2O. The average Bonchev–Trinajstić information content (AvgIpc) is 2.72. The summed E-state index contributed by atoms with van der Waals surface area (Å²) in [6.45, 7) is -0.199. The molecule has 2 rings (SSSR count). The van der Waals surface area contributed by atoms with Crippen LogP contribution in [-0.4, -0.2) is 22.8 Å². The van der Waals surface area contributed by atoms with E-state index in [4.69, 9.17) is 16.3 Å². The third-order valence-electron chi connectivity index (χ3n) is 2.77. The van der Waals surface area contributed by atoms with Gasteiger partial charge in [0.05, 0.1) is 30.4 Å². The summed E-state index contributed by atoms with van der Waals surface area (Å²) < 4.78 is 43.6. The second-order valence-electron chi connectivity index (χ2n) is 4.03. The predicted molar refractivity (Wildman–Crippen MR) is 66.5 cm³/mol. The fourth-order valence-electron chi connectivity index (χ4n) is 1.87. The van der Waals surface area contributed by atoms with Crippen molar-refractivity contribution in [2.24, 2.45) is 0 Å². The Morgan fingerprint density at radius 2 is 2.11 bits per heavy atom. The molecule has 1 aromatic carbocycles. The van der Waals surface area contributed by atoms with Crippen LogP contribution in [0.3, 0.4) is 0 Å². The number of nitrogens with zero attached hydrogens (tertiary/aromatic N) is 2. The molecule has 0 aliphatic carbocycles. The number of imidazole rings is 1. The predicted octanol–water partition coefficient (Wildman–Crippen LogP) is 3.74. The van der Waals surface area contributed by atoms with E-state index in [2.05, 4.69) is 4.98 Å². The Morgan fingerprint density at radius 3 is 2.68 bits per heavy atom. The highest BCUT2D eigenvalue weighted by molar-refractivity contribution is 6.16. The molecule has 0 aliphatic rings. The van der Waals surface area contributed by atoms with Crippen LogP contribution in [0.15, 0.2) is 18.2 Å². The molecule has 0 atom stereocenters. The first-order chi connectivity index (χ1) is 8.94. The Balaban J connectivity index is 2.43. The number of ether oxygens (including phenoxy) is 1. The van der Waals surface area contributed by atoms with Gasteiger partial charge in [-0.1, -0.05) is 0 Å². The summed E-state index contributed by atoms with van der Waals surface area (Å²) in [5.41, 5.74) is 1.21. The lowest BCUT2D eigenvalue weighted by Gasteiger charge is -2.10. The normalized spacial score (nSPS) is 12.1. The number of fused-ring (bicyclic) bond motifs is 1. The molecule has 0 fully saturated rings. The van der Waals surface area contributed by atoms with E-state index in [0.29, 0.717) is 22.6 Å². The van der Waals surface area contributed by atoms with E-state index >= 15 is 0 Å². The van der Waals surface area contributed by atoms with Crippen molar-refractivity contribution in [3.63, 3.8) is 0 Å². The van der Waals surface area contributed by atoms with Gasteiger partial charge in [0.25, 0.3) is 0 Å². The molecule has 3 nitrogen and oxygen atoms in total. The van der Waals surface area contributed by atoms with Crippen molar-refractivity contribution >= 4 is 22.6 Å². The molecule has 0 radical (unpaired) electrons. The average molecular weight is 293 g/mol. The summed E-state index contributed by atoms with van der Waals surface area (Å²) in [7, 11) is 1.50. The Kier molecular flexibility index (Phi) is 3.89. The van der Waals surface area contributed by atoms with Crippen LogP contribution < -0.4 is 4.74 Å². The van der Waals surface area contributed by atoms with Crippen molar-refractivity contribution in [1.82, 2.24) is 9.55 Å². The van der Waals surface area contributed by atoms with Gasteiger partial charge >= 0.3 is 6.18 Å². The Morgan fingerprint density at radius 1 is 1.37 bits per heavy atom. The molecule has 19 heavy (non-hydrogen) atoms. The summed E-state index contributed by atoms with van der Waals surface area (Å²) in [6, 6.07) is 5.07. The summed E-state index contributed by atoms with van der Waals surface area (Å²) in [6.07, 6.45) is -5.13. The van der Waals surface area contributed by atoms with Crippen molar-refractivity contribution in [3.8, 4) is 5.75 Å². The summed E-state index contributed by atoms with van der Waals surface area (Å²) >= 11 is 5.73. The van der Waals surface area contributed by atoms with Gasteiger partial charge in [0.1, 0.15) is 11.6 Å². The number of methoxy groups -OCH3 is 1. The van der Waals surface area contributed by atoms with Gasteiger partial charge in [-0.3, -0.25) is 0 Å². The quantitative estimate of drug-likeness (QED) is 0.803. The summed E-state index contributed by atoms with van der Waals surface area (Å²) in [4.78, 5) is 4.22. The van der Waals surface area contributed by atoms with Crippen LogP contribution in [0.2, 0.25) is 0 Å². The van der Waals surface area contributed by atoms with Crippen molar-refractivity contribution in [3.05, 3.63) is 24.0 Å². The van der Waals surface area contributed by atoms with Gasteiger partial charge in [0.15, 0.2) is 0 Å². The van der Waals surface area contributed by atoms with Crippen LogP contribution >= 0.6 is 11.6 Å². The first-order valence-electron chi connectivity index (χ1n) is 5.60. The molecule has 0 saturated carbocycles. The minimum Gasteiger partial charge on any atom is -0.497 e. The number of aryl methyl sites for hydroxylation is 1. The van der Waals surface area contributed by atoms with Crippen LogP contribution in [-0.2, 0) is 12.4 Å². The molecule has 104 valence electrons. The molecular weight excluding hydrogens is 281 g/mol. The molecule has 1 aromatic heterocycles. The van der Waals surface area contributed by atoms with Crippen molar-refractivity contribution in [2.75, 3.05) is 7.11 Å². The van der Waals surface area contributed by atoms with Crippen LogP contribution in [0.1, 0.15) is 12.2 Å². The Labute approximate surface area is 112 Å². The molecule has 0 N–H and O–H groups in total. The number of hydrogen-bond acceptors (Lipinski definition) is 2. The molecule has 0 amide bonds. The third-order valence-corrected chi connectivity index (χ3v) is 3.01. The SMILES string of the molecule is COc1ccc2nc(CCl)n(CCC(F)(F)F)c2c1. The fourth-order valence-corrected chi connectivity index (χ4v) is 2.07. The first-order valence-corrected chi connectivity index (χ1v) is 6.14. The molecule has 0 unspecified atom stereocenters. The minimum absolute atomic E-state index is 0.0643. The lowest BCUT2D eigenvalue weighted by atomic mass is 10.3. The molecule has 0 spiro atoms. The number of aromatic nitrogens is 2. The van der Waals surface area contributed by atoms with Crippen LogP contribution in [0.25, 0.3) is 11.0 Å². The smallest absolute Gasteiger partial charge is 0.390 e. The number of halogens is 4. The van der Waals surface area contributed by atoms with E-state index in [1.54, 1.807) is 18.2 Å². The van der Waals surface area contributed by atoms with Crippen molar-refractivity contribution < 1.29 is 17.9 Å². The van der Waals surface area contributed by atoms with E-state index < -0.39 is 12.6 Å². The summed E-state index contributed by atoms with van der Waals surface area (Å²) in [5, 5.41) is 0. The zero-order valence-electron chi connectivity index (χ0n) is 10.2. The number of benzene rings is 1. The maximum Gasteiger partial charge on any atom is 0.390 e. The maximum absolute atomic E-state index is 12.3. The first kappa shape index (κ1) is 14.0. The van der Waals surface area contributed by atoms with E-state index in [1.807, 2.05) is 0 Å². The standard InChI is InChI=1S/C12H12ClF3N2O/c1-19-8-2-3-9-10(6-8)18(11(7-13)17-9)5-4-12(14,15)16/h2-3,6H,4-5,7H2,1H3. The highest BCUT2D eigenvalue weighted by Crippen LogP contribution is 2.26. The summed E-state index contributed by atoms with van der Waals surface area (Å²) in [5.74, 6) is 1.06. The van der Waals surface area contributed by atoms with Gasteiger partial charge in [-0.25, -0.2) is 4.98 Å². The van der Waals surface area contributed by atoms with Crippen LogP contribution in [0, 0.1) is 0 Å². The third kappa shape index (κ3) is 3.12. The van der Waals surface area contributed by atoms with Gasteiger partial charge < -0.3 is 9.30 Å². The van der Waals surface area contributed by atoms with Crippen LogP contribution in [0.5, 0.6) is 5.75 Å². The van der Waals surface area contributed by atoms with E-state index in [-0.39, 0.29) is 12.4 Å². The Hall–Kier alpha value is -1.43. The number of hydrogen-bond donors (Lipinski definition) is 0. The zero-order valence-corrected chi connectivity index (χ0v) is 10.9. The van der Waals surface area contributed by atoms with Gasteiger partial charge in [0.2, 0.25) is 0 Å². The van der Waals surface area contributed by atoms with E-state index in [1.165, 1.54) is 11.7 Å². The maximum atomic E-state index is 12.3. The molecule has 2 aromatic rings. The Bertz CT molecular complexity index is 580. The largest absolute Gasteiger partial charge is 0.497 e. The monoisotopic (exact) mass is 292 g/mol. The van der Waals surface area contributed by atoms with Gasteiger partial charge in [0, 0.05) is 12.6 Å². The minimum atomic E-state index is -4.21. The fraction of sp³-hybridized carbons (Fsp3) is 0.417. The highest BCUT2D eigenvalue weighted by atomic mass is 35.5. The van der Waals surface area contributed by atoms with Gasteiger partial charge in [-0.05, 0) is 12.1 Å². The van der Waals surface area contributed by atoms with Gasteiger partial charge in [-0.2, -0.15) is 13.2 Å². The van der Waals surface area contributed by atoms with Gasteiger partial charge in [-0.15, -0.1) is 11.6 Å².